The van der Waals surface area contributed by atoms with Gasteiger partial charge in [0.05, 0.1) is 11.4 Å². The number of amides is 2. The van der Waals surface area contributed by atoms with Gasteiger partial charge in [-0.15, -0.1) is 0 Å². The molecule has 0 unspecified atom stereocenters. The molecule has 0 fully saturated rings. The van der Waals surface area contributed by atoms with Crippen LogP contribution in [0.3, 0.4) is 0 Å². The van der Waals surface area contributed by atoms with E-state index in [1.54, 1.807) is 63.4 Å². The van der Waals surface area contributed by atoms with Crippen LogP contribution in [0.4, 0.5) is 17.6 Å². The molecule has 386 valence electrons. The number of pyridine rings is 2. The van der Waals surface area contributed by atoms with Crippen molar-refractivity contribution in [1.82, 2.24) is 19.8 Å². The number of aromatic hydroxyl groups is 1. The summed E-state index contributed by atoms with van der Waals surface area (Å²) in [4.78, 5) is 71.7. The summed E-state index contributed by atoms with van der Waals surface area (Å²) >= 11 is 9.42. The van der Waals surface area contributed by atoms with Gasteiger partial charge in [-0.2, -0.15) is 0 Å². The molecule has 4 aromatic carbocycles. The molecule has 0 atom stereocenters. The number of alkyl halides is 1. The van der Waals surface area contributed by atoms with E-state index in [1.807, 2.05) is 13.8 Å². The Morgan fingerprint density at radius 3 is 1.39 bits per heavy atom. The van der Waals surface area contributed by atoms with Gasteiger partial charge in [-0.05, 0) is 119 Å². The molecular weight excluding hydrogens is 1360 g/mol. The van der Waals surface area contributed by atoms with Gasteiger partial charge in [0.15, 0.2) is 0 Å². The van der Waals surface area contributed by atoms with Crippen molar-refractivity contribution in [2.75, 3.05) is 14.1 Å². The molecule has 0 bridgehead atoms. The molecule has 2 amide bonds. The van der Waals surface area contributed by atoms with Crippen molar-refractivity contribution in [3.05, 3.63) is 183 Å². The number of nitrogens with zero attached hydrogens (tertiary/aromatic N) is 2. The number of carbonyl (C=O) groups is 4. The first-order valence-corrected chi connectivity index (χ1v) is 22.1. The Bertz CT molecular complexity index is 2930. The fourth-order valence-electron chi connectivity index (χ4n) is 5.77. The number of rotatable bonds is 10. The van der Waals surface area contributed by atoms with Gasteiger partial charge in [-0.25, -0.2) is 17.6 Å². The molecule has 16 nitrogen and oxygen atoms in total. The van der Waals surface area contributed by atoms with Gasteiger partial charge >= 0.3 is 206 Å². The smallest absolute Gasteiger partial charge is 1.00 e. The first-order valence-electron chi connectivity index (χ1n) is 19.4. The van der Waals surface area contributed by atoms with Gasteiger partial charge in [0.2, 0.25) is 0 Å². The van der Waals surface area contributed by atoms with E-state index in [0.717, 1.165) is 29.3 Å². The third kappa shape index (κ3) is 26.4. The zero-order valence-electron chi connectivity index (χ0n) is 42.5. The van der Waals surface area contributed by atoms with Crippen LogP contribution in [-0.2, 0) is 31.3 Å². The fourth-order valence-corrected chi connectivity index (χ4v) is 6.93. The Kier molecular flexibility index (Phi) is 49.4. The minimum atomic E-state index is -0.724. The van der Waals surface area contributed by atoms with Crippen molar-refractivity contribution in [2.45, 2.75) is 47.1 Å². The SMILES string of the molecule is C.CNC(=O)c1ccc(C)c(-n2c(C)cc(O)c(Br)c2=O)c1.CNC(=O)c1ccc(C)c(-n2c(C)cc(OCc3ccc(F)cc3F)c(Br)c2=O)c1.Fc1ccc(CBr)c(F)c1.O=CO[O-].O=CO[O-].[Br-].[H-].[K+].[K+].[K+].[K+]. The molecule has 6 aromatic rings. The predicted octanol–water partition coefficient (Wildman–Crippen LogP) is -7.79. The van der Waals surface area contributed by atoms with Gasteiger partial charge in [0.1, 0.15) is 50.3 Å². The maximum absolute atomic E-state index is 13.8. The average Bonchev–Trinajstić information content (AvgIpc) is 3.33. The summed E-state index contributed by atoms with van der Waals surface area (Å²) in [5.41, 5.74) is 4.75. The van der Waals surface area contributed by atoms with E-state index < -0.39 is 23.3 Å². The topological polar surface area (TPSA) is 230 Å². The summed E-state index contributed by atoms with van der Waals surface area (Å²) in [6, 6.07) is 20.1. The van der Waals surface area contributed by atoms with Gasteiger partial charge in [-0.1, -0.05) is 41.6 Å². The molecule has 0 aliphatic heterocycles. The van der Waals surface area contributed by atoms with E-state index in [-0.39, 0.29) is 300 Å². The second kappa shape index (κ2) is 44.0. The Labute approximate surface area is 637 Å². The van der Waals surface area contributed by atoms with Crippen molar-refractivity contribution in [3.63, 3.8) is 0 Å². The van der Waals surface area contributed by atoms with E-state index in [4.69, 9.17) is 24.8 Å². The minimum absolute atomic E-state index is 0. The van der Waals surface area contributed by atoms with E-state index in [2.05, 4.69) is 68.2 Å². The number of aromatic nitrogens is 2. The number of aryl methyl sites for hydroxylation is 4. The van der Waals surface area contributed by atoms with Crippen molar-refractivity contribution >= 4 is 72.5 Å². The van der Waals surface area contributed by atoms with Crippen molar-refractivity contribution < 1.29 is 291 Å². The molecule has 28 heteroatoms. The van der Waals surface area contributed by atoms with Crippen LogP contribution in [0.25, 0.3) is 11.4 Å². The Morgan fingerprint density at radius 2 is 1.03 bits per heavy atom. The molecule has 6 rings (SSSR count). The monoisotopic (exact) mass is 1410 g/mol. The first kappa shape index (κ1) is 84.2. The van der Waals surface area contributed by atoms with Crippen LogP contribution in [0.2, 0.25) is 0 Å². The zero-order chi connectivity index (χ0) is 52.1. The number of hydrogen-bond donors (Lipinski definition) is 3. The molecule has 0 aliphatic carbocycles. The Hall–Kier alpha value is 0.365. The van der Waals surface area contributed by atoms with E-state index >= 15 is 0 Å². The molecule has 0 radical (unpaired) electrons. The van der Waals surface area contributed by atoms with Gasteiger partial charge in [0.25, 0.3) is 35.9 Å². The summed E-state index contributed by atoms with van der Waals surface area (Å²) in [6.45, 7) is 6.61. The molecule has 3 N–H and O–H groups in total. The van der Waals surface area contributed by atoms with Crippen molar-refractivity contribution in [2.24, 2.45) is 0 Å². The molecule has 0 aliphatic rings. The summed E-state index contributed by atoms with van der Waals surface area (Å²) in [5.74, 6) is -2.80. The van der Waals surface area contributed by atoms with Gasteiger partial charge in [-0.3, -0.25) is 37.9 Å². The maximum Gasteiger partial charge on any atom is 1.00 e. The molecule has 2 aromatic heterocycles. The maximum atomic E-state index is 13.8. The minimum Gasteiger partial charge on any atom is -1.00 e. The molecular formula is C47H46Br4F4K4N4O12. The van der Waals surface area contributed by atoms with E-state index in [9.17, 15) is 41.8 Å². The predicted molar refractivity (Wildman–Crippen MR) is 259 cm³/mol. The average molecular weight is 1410 g/mol. The summed E-state index contributed by atoms with van der Waals surface area (Å²) in [6.07, 6.45) is 0. The van der Waals surface area contributed by atoms with Crippen LogP contribution >= 0.6 is 47.8 Å². The van der Waals surface area contributed by atoms with Crippen molar-refractivity contribution in [3.8, 4) is 22.9 Å². The molecule has 75 heavy (non-hydrogen) atoms. The van der Waals surface area contributed by atoms with E-state index in [0.29, 0.717) is 44.8 Å². The summed E-state index contributed by atoms with van der Waals surface area (Å²) in [5, 5.41) is 32.1. The number of benzene rings is 4. The largest absolute Gasteiger partial charge is 1.00 e. The van der Waals surface area contributed by atoms with Crippen molar-refractivity contribution in [1.29, 1.82) is 0 Å². The third-order valence-electron chi connectivity index (χ3n) is 9.13. The number of ether oxygens (including phenoxy) is 1. The Morgan fingerprint density at radius 1 is 0.653 bits per heavy atom. The van der Waals surface area contributed by atoms with Crippen LogP contribution in [-0.4, -0.2) is 53.1 Å². The normalized spacial score (nSPS) is 9.11. The van der Waals surface area contributed by atoms with Crippen LogP contribution < -0.4 is 260 Å². The summed E-state index contributed by atoms with van der Waals surface area (Å²) < 4.78 is 60.5. The number of halogens is 8. The third-order valence-corrected chi connectivity index (χ3v) is 11.2. The number of nitrogens with one attached hydrogen (secondary N) is 2. The number of carbonyl (C=O) groups excluding carboxylic acids is 4. The van der Waals surface area contributed by atoms with Gasteiger partial charge < -0.3 is 59.2 Å². The van der Waals surface area contributed by atoms with E-state index in [1.165, 1.54) is 40.4 Å². The standard InChI is InChI=1S/C22H19BrF2N2O3.C15H15BrN2O3.C7H5BrF2.2CH2O3.CH4.BrH.4K.H/c1-12-4-5-14(21(28)26-3)9-18(12)27-13(2)8-19(20(23)22(27)29)30-11-15-6-7-16(24)10-17(15)25;1-8-4-5-10(14(20)17-3)7-11(8)18-9(2)6-12(19)13(16)15(18)21;8-4-5-1-2-6(9)3-7(5)10;2*2-1-4-3;;;;;;;/h4-10H,11H2,1-3H3,(H,26,28);4-7,19H,1-3H3,(H,17,20);1-3H,4H2;2*1,3H;1H4;1H;;;;;/q;;;;;;;4*+1;-1/p-3. The zero-order valence-corrected chi connectivity index (χ0v) is 60.3. The molecule has 2 heterocycles. The first-order chi connectivity index (χ1) is 32.6. The fraction of sp³-hybridized carbons (Fsp3) is 0.191. The quantitative estimate of drug-likeness (QED) is 0.0290. The summed E-state index contributed by atoms with van der Waals surface area (Å²) in [7, 11) is 3.09. The van der Waals surface area contributed by atoms with Crippen LogP contribution in [0.15, 0.2) is 103 Å². The van der Waals surface area contributed by atoms with Gasteiger partial charge in [0, 0.05) is 71.8 Å². The number of hydrogen-bond acceptors (Lipinski definition) is 12. The molecule has 0 saturated heterocycles. The van der Waals surface area contributed by atoms with Crippen LogP contribution in [0.1, 0.15) is 63.2 Å². The second-order valence-electron chi connectivity index (χ2n) is 13.7. The van der Waals surface area contributed by atoms with Crippen LogP contribution in [0, 0.1) is 51.0 Å². The van der Waals surface area contributed by atoms with Crippen LogP contribution in [0.5, 0.6) is 11.5 Å². The Balaban J connectivity index is -0.000000233. The molecule has 0 spiro atoms. The molecule has 0 saturated carbocycles. The second-order valence-corrected chi connectivity index (χ2v) is 15.8.